The van der Waals surface area contributed by atoms with E-state index in [9.17, 15) is 9.18 Å². The molecule has 0 radical (unpaired) electrons. The molecule has 0 spiro atoms. The average molecular weight is 272 g/mol. The van der Waals surface area contributed by atoms with Crippen molar-refractivity contribution >= 4 is 28.7 Å². The van der Waals surface area contributed by atoms with Gasteiger partial charge in [-0.2, -0.15) is 0 Å². The molecule has 0 aliphatic carbocycles. The minimum absolute atomic E-state index is 0.135. The first-order valence-corrected chi connectivity index (χ1v) is 5.70. The van der Waals surface area contributed by atoms with Crippen LogP contribution in [0.5, 0.6) is 5.88 Å². The van der Waals surface area contributed by atoms with Crippen molar-refractivity contribution in [1.29, 1.82) is 0 Å². The zero-order valence-electron chi connectivity index (χ0n) is 9.87. The molecule has 0 atom stereocenters. The van der Waals surface area contributed by atoms with Crippen LogP contribution in [0, 0.1) is 5.82 Å². The number of halogens is 2. The molecule has 0 saturated heterocycles. The zero-order valence-corrected chi connectivity index (χ0v) is 10.6. The number of hydrogen-bond acceptors (Lipinski definition) is 3. The molecular formula is C12H11ClFNO3. The Morgan fingerprint density at radius 3 is 2.89 bits per heavy atom. The number of aromatic nitrogens is 1. The molecule has 0 bridgehead atoms. The van der Waals surface area contributed by atoms with E-state index < -0.39 is 12.0 Å². The third kappa shape index (κ3) is 2.13. The molecule has 2 rings (SSSR count). The molecule has 6 heteroatoms. The SMILES string of the molecule is CCOC(=O)Oc1c(Cl)c2cc(F)ccc2n1C. The number of fused-ring (bicyclic) bond motifs is 1. The van der Waals surface area contributed by atoms with E-state index in [0.29, 0.717) is 10.9 Å². The fraction of sp³-hybridized carbons (Fsp3) is 0.250. The molecule has 0 fully saturated rings. The summed E-state index contributed by atoms with van der Waals surface area (Å²) in [7, 11) is 1.67. The second-order valence-corrected chi connectivity index (χ2v) is 4.00. The number of rotatable bonds is 2. The van der Waals surface area contributed by atoms with E-state index >= 15 is 0 Å². The van der Waals surface area contributed by atoms with E-state index in [1.165, 1.54) is 12.1 Å². The molecule has 18 heavy (non-hydrogen) atoms. The predicted molar refractivity (Wildman–Crippen MR) is 65.5 cm³/mol. The summed E-state index contributed by atoms with van der Waals surface area (Å²) < 4.78 is 24.4. The van der Waals surface area contributed by atoms with Gasteiger partial charge >= 0.3 is 6.16 Å². The van der Waals surface area contributed by atoms with Crippen molar-refractivity contribution in [3.8, 4) is 5.88 Å². The summed E-state index contributed by atoms with van der Waals surface area (Å²) in [5, 5.41) is 0.665. The fourth-order valence-corrected chi connectivity index (χ4v) is 2.00. The van der Waals surface area contributed by atoms with Gasteiger partial charge in [0, 0.05) is 12.4 Å². The number of aryl methyl sites for hydroxylation is 1. The summed E-state index contributed by atoms with van der Waals surface area (Å²) in [5.74, 6) is -0.270. The van der Waals surface area contributed by atoms with Crippen LogP contribution < -0.4 is 4.74 Å². The molecule has 1 aromatic heterocycles. The van der Waals surface area contributed by atoms with Gasteiger partial charge in [-0.25, -0.2) is 9.18 Å². The molecule has 1 aromatic carbocycles. The molecule has 1 heterocycles. The lowest BCUT2D eigenvalue weighted by atomic mass is 10.2. The van der Waals surface area contributed by atoms with E-state index in [-0.39, 0.29) is 17.5 Å². The summed E-state index contributed by atoms with van der Waals surface area (Å²) >= 11 is 6.06. The van der Waals surface area contributed by atoms with Gasteiger partial charge in [-0.3, -0.25) is 0 Å². The summed E-state index contributed by atoms with van der Waals surface area (Å²) in [6.45, 7) is 1.87. The van der Waals surface area contributed by atoms with Crippen molar-refractivity contribution in [2.24, 2.45) is 7.05 Å². The maximum atomic E-state index is 13.1. The van der Waals surface area contributed by atoms with Crippen LogP contribution >= 0.6 is 11.6 Å². The van der Waals surface area contributed by atoms with Crippen LogP contribution in [-0.4, -0.2) is 17.3 Å². The number of ether oxygens (including phenoxy) is 2. The van der Waals surface area contributed by atoms with Gasteiger partial charge in [-0.1, -0.05) is 11.6 Å². The lowest BCUT2D eigenvalue weighted by Gasteiger charge is -2.05. The Morgan fingerprint density at radius 2 is 2.22 bits per heavy atom. The first kappa shape index (κ1) is 12.7. The highest BCUT2D eigenvalue weighted by Gasteiger charge is 2.18. The number of carbonyl (C=O) groups excluding carboxylic acids is 1. The Morgan fingerprint density at radius 1 is 1.50 bits per heavy atom. The topological polar surface area (TPSA) is 40.5 Å². The van der Waals surface area contributed by atoms with Crippen LogP contribution in [0.4, 0.5) is 9.18 Å². The highest BCUT2D eigenvalue weighted by molar-refractivity contribution is 6.37. The number of hydrogen-bond donors (Lipinski definition) is 0. The zero-order chi connectivity index (χ0) is 13.3. The quantitative estimate of drug-likeness (QED) is 0.785. The highest BCUT2D eigenvalue weighted by atomic mass is 35.5. The first-order chi connectivity index (χ1) is 8.54. The van der Waals surface area contributed by atoms with Crippen LogP contribution in [0.3, 0.4) is 0 Å². The predicted octanol–water partition coefficient (Wildman–Crippen LogP) is 3.51. The average Bonchev–Trinajstić information content (AvgIpc) is 2.55. The number of benzene rings is 1. The second kappa shape index (κ2) is 4.86. The van der Waals surface area contributed by atoms with Crippen LogP contribution in [0.2, 0.25) is 5.02 Å². The highest BCUT2D eigenvalue weighted by Crippen LogP contribution is 2.36. The maximum Gasteiger partial charge on any atom is 0.515 e. The molecule has 0 aliphatic rings. The molecule has 0 amide bonds. The number of nitrogens with zero attached hydrogens (tertiary/aromatic N) is 1. The van der Waals surface area contributed by atoms with Crippen molar-refractivity contribution in [3.63, 3.8) is 0 Å². The second-order valence-electron chi connectivity index (χ2n) is 3.62. The lowest BCUT2D eigenvalue weighted by Crippen LogP contribution is -2.12. The van der Waals surface area contributed by atoms with Gasteiger partial charge in [-0.15, -0.1) is 0 Å². The molecule has 0 aliphatic heterocycles. The van der Waals surface area contributed by atoms with Gasteiger partial charge in [0.05, 0.1) is 12.1 Å². The van der Waals surface area contributed by atoms with E-state index in [4.69, 9.17) is 16.3 Å². The Balaban J connectivity index is 2.48. The maximum absolute atomic E-state index is 13.1. The number of carbonyl (C=O) groups is 1. The van der Waals surface area contributed by atoms with Crippen molar-refractivity contribution < 1.29 is 18.7 Å². The van der Waals surface area contributed by atoms with Gasteiger partial charge < -0.3 is 14.0 Å². The monoisotopic (exact) mass is 271 g/mol. The van der Waals surface area contributed by atoms with Crippen LogP contribution in [-0.2, 0) is 11.8 Å². The van der Waals surface area contributed by atoms with Crippen molar-refractivity contribution in [2.45, 2.75) is 6.92 Å². The molecule has 0 saturated carbocycles. The van der Waals surface area contributed by atoms with Gasteiger partial charge in [0.15, 0.2) is 0 Å². The smallest absolute Gasteiger partial charge is 0.434 e. The van der Waals surface area contributed by atoms with Crippen molar-refractivity contribution in [3.05, 3.63) is 29.0 Å². The minimum Gasteiger partial charge on any atom is -0.434 e. The molecular weight excluding hydrogens is 261 g/mol. The van der Waals surface area contributed by atoms with Crippen LogP contribution in [0.15, 0.2) is 18.2 Å². The van der Waals surface area contributed by atoms with Gasteiger partial charge in [0.1, 0.15) is 10.8 Å². The van der Waals surface area contributed by atoms with Gasteiger partial charge in [-0.05, 0) is 25.1 Å². The molecule has 0 unspecified atom stereocenters. The molecule has 0 N–H and O–H groups in total. The Labute approximate surface area is 108 Å². The standard InChI is InChI=1S/C12H11ClFNO3/c1-3-17-12(16)18-11-10(13)8-6-7(14)4-5-9(8)15(11)2/h4-6H,3H2,1-2H3. The molecule has 4 nitrogen and oxygen atoms in total. The molecule has 2 aromatic rings. The van der Waals surface area contributed by atoms with Crippen molar-refractivity contribution in [1.82, 2.24) is 4.57 Å². The Bertz CT molecular complexity index is 609. The Kier molecular flexibility index (Phi) is 3.43. The first-order valence-electron chi connectivity index (χ1n) is 5.32. The summed E-state index contributed by atoms with van der Waals surface area (Å²) in [4.78, 5) is 11.3. The van der Waals surface area contributed by atoms with Gasteiger partial charge in [0.25, 0.3) is 0 Å². The largest absolute Gasteiger partial charge is 0.515 e. The van der Waals surface area contributed by atoms with Crippen LogP contribution in [0.1, 0.15) is 6.92 Å². The van der Waals surface area contributed by atoms with E-state index in [2.05, 4.69) is 4.74 Å². The minimum atomic E-state index is -0.842. The van der Waals surface area contributed by atoms with Crippen molar-refractivity contribution in [2.75, 3.05) is 6.61 Å². The normalized spacial score (nSPS) is 10.7. The van der Waals surface area contributed by atoms with E-state index in [1.54, 1.807) is 24.6 Å². The summed E-state index contributed by atoms with van der Waals surface area (Å²) in [6, 6.07) is 4.16. The lowest BCUT2D eigenvalue weighted by molar-refractivity contribution is 0.102. The van der Waals surface area contributed by atoms with E-state index in [1.807, 2.05) is 0 Å². The fourth-order valence-electron chi connectivity index (χ4n) is 1.69. The third-order valence-corrected chi connectivity index (χ3v) is 2.86. The summed E-state index contributed by atoms with van der Waals surface area (Å²) in [5.41, 5.74) is 0.667. The Hall–Kier alpha value is -1.75. The van der Waals surface area contributed by atoms with Crippen LogP contribution in [0.25, 0.3) is 10.9 Å². The third-order valence-electron chi connectivity index (χ3n) is 2.49. The summed E-state index contributed by atoms with van der Waals surface area (Å²) in [6.07, 6.45) is -0.842. The molecule has 96 valence electrons. The van der Waals surface area contributed by atoms with E-state index in [0.717, 1.165) is 0 Å². The van der Waals surface area contributed by atoms with Gasteiger partial charge in [0.2, 0.25) is 5.88 Å².